The molecule has 0 unspecified atom stereocenters. The number of rotatable bonds is 9. The van der Waals surface area contributed by atoms with Gasteiger partial charge in [-0.25, -0.2) is 9.97 Å². The number of amides is 2. The predicted octanol–water partition coefficient (Wildman–Crippen LogP) is 3.49. The average Bonchev–Trinajstić information content (AvgIpc) is 3.59. The highest BCUT2D eigenvalue weighted by Crippen LogP contribution is 2.36. The molecule has 1 fully saturated rings. The van der Waals surface area contributed by atoms with Crippen molar-refractivity contribution in [1.29, 1.82) is 0 Å². The summed E-state index contributed by atoms with van der Waals surface area (Å²) in [4.78, 5) is 47.0. The molecule has 0 spiro atoms. The summed E-state index contributed by atoms with van der Waals surface area (Å²) in [6, 6.07) is 2.78. The van der Waals surface area contributed by atoms with Crippen molar-refractivity contribution in [2.24, 2.45) is 5.41 Å². The van der Waals surface area contributed by atoms with E-state index in [0.29, 0.717) is 18.5 Å². The van der Waals surface area contributed by atoms with Gasteiger partial charge in [0.1, 0.15) is 24.3 Å². The Morgan fingerprint density at radius 1 is 1.28 bits per heavy atom. The molecule has 2 N–H and O–H groups in total. The van der Waals surface area contributed by atoms with E-state index in [1.54, 1.807) is 0 Å². The van der Waals surface area contributed by atoms with Gasteiger partial charge in [-0.3, -0.25) is 24.0 Å². The minimum absolute atomic E-state index is 0.0110. The minimum Gasteiger partial charge on any atom is -0.469 e. The second-order valence-electron chi connectivity index (χ2n) is 9.44. The number of alkyl halides is 3. The normalized spacial score (nSPS) is 14.9. The van der Waals surface area contributed by atoms with Gasteiger partial charge in [-0.1, -0.05) is 13.8 Å². The number of hydrogen-bond donors (Lipinski definition) is 2. The number of aryl methyl sites for hydroxylation is 1. The van der Waals surface area contributed by atoms with Crippen LogP contribution >= 0.6 is 0 Å². The lowest BCUT2D eigenvalue weighted by molar-refractivity contribution is -0.141. The van der Waals surface area contributed by atoms with Crippen molar-refractivity contribution >= 4 is 35.1 Å². The summed E-state index contributed by atoms with van der Waals surface area (Å²) < 4.78 is 49.0. The number of pyridine rings is 1. The molecule has 4 rings (SSSR count). The molecular formula is C24H26F3N7O5. The standard InChI is InChI=1S/C24H26F3N7O5/c1-23(2)6-9-34(22(23)37)19-15(11-33(32-19)8-5-18(35)38-3)30-20(36)16-12-39-21(31-16)14-4-7-28-17(10-14)29-13-24(25,26)27/h4,7,10-12H,5-6,8-9,13H2,1-3H3,(H,28,29)(H,30,36). The smallest absolute Gasteiger partial charge is 0.405 e. The maximum absolute atomic E-state index is 13.0. The van der Waals surface area contributed by atoms with Crippen molar-refractivity contribution in [1.82, 2.24) is 19.7 Å². The summed E-state index contributed by atoms with van der Waals surface area (Å²) >= 11 is 0. The number of oxazole rings is 1. The SMILES string of the molecule is COC(=O)CCn1cc(NC(=O)c2coc(-c3ccnc(NCC(F)(F)F)c3)n2)c(N2CCC(C)(C)C2=O)n1. The van der Waals surface area contributed by atoms with Crippen LogP contribution in [0, 0.1) is 5.41 Å². The van der Waals surface area contributed by atoms with Crippen LogP contribution in [0.3, 0.4) is 0 Å². The molecule has 0 radical (unpaired) electrons. The average molecular weight is 550 g/mol. The number of nitrogens with one attached hydrogen (secondary N) is 2. The maximum atomic E-state index is 13.0. The topological polar surface area (TPSA) is 144 Å². The molecule has 1 aliphatic rings. The molecule has 3 aromatic heterocycles. The number of nitrogens with zero attached hydrogens (tertiary/aromatic N) is 5. The Morgan fingerprint density at radius 3 is 2.72 bits per heavy atom. The number of halogens is 3. The van der Waals surface area contributed by atoms with Gasteiger partial charge in [0, 0.05) is 23.7 Å². The highest BCUT2D eigenvalue weighted by Gasteiger charge is 2.41. The Kier molecular flexibility index (Phi) is 7.60. The first-order valence-electron chi connectivity index (χ1n) is 11.9. The quantitative estimate of drug-likeness (QED) is 0.383. The Balaban J connectivity index is 1.53. The molecule has 4 heterocycles. The molecule has 0 saturated carbocycles. The first-order chi connectivity index (χ1) is 18.4. The van der Waals surface area contributed by atoms with Gasteiger partial charge in [0.15, 0.2) is 11.5 Å². The number of ether oxygens (including phenoxy) is 1. The van der Waals surface area contributed by atoms with E-state index in [1.165, 1.54) is 41.2 Å². The van der Waals surface area contributed by atoms with Gasteiger partial charge in [-0.15, -0.1) is 0 Å². The molecule has 3 aromatic rings. The fraction of sp³-hybridized carbons (Fsp3) is 0.417. The van der Waals surface area contributed by atoms with E-state index in [2.05, 4.69) is 30.4 Å². The van der Waals surface area contributed by atoms with Gasteiger partial charge in [0.05, 0.1) is 26.3 Å². The summed E-state index contributed by atoms with van der Waals surface area (Å²) in [6.45, 7) is 2.92. The van der Waals surface area contributed by atoms with Gasteiger partial charge >= 0.3 is 12.1 Å². The van der Waals surface area contributed by atoms with E-state index in [0.717, 1.165) is 6.26 Å². The van der Waals surface area contributed by atoms with Crippen LogP contribution in [0.4, 0.5) is 30.5 Å². The number of anilines is 3. The zero-order chi connectivity index (χ0) is 28.4. The lowest BCUT2D eigenvalue weighted by atomic mass is 9.92. The first kappa shape index (κ1) is 27.6. The second kappa shape index (κ2) is 10.7. The predicted molar refractivity (Wildman–Crippen MR) is 132 cm³/mol. The molecule has 208 valence electrons. The molecule has 0 aliphatic carbocycles. The summed E-state index contributed by atoms with van der Waals surface area (Å²) in [6.07, 6.45) is 0.0703. The molecule has 0 atom stereocenters. The Bertz CT molecular complexity index is 1380. The van der Waals surface area contributed by atoms with E-state index in [1.807, 2.05) is 13.8 Å². The summed E-state index contributed by atoms with van der Waals surface area (Å²) in [5.41, 5.74) is -0.193. The molecule has 0 bridgehead atoms. The summed E-state index contributed by atoms with van der Waals surface area (Å²) in [5, 5.41) is 9.27. The molecular weight excluding hydrogens is 523 g/mol. The van der Waals surface area contributed by atoms with Crippen LogP contribution in [0.15, 0.2) is 35.2 Å². The number of methoxy groups -OCH3 is 1. The minimum atomic E-state index is -4.42. The third kappa shape index (κ3) is 6.53. The van der Waals surface area contributed by atoms with Crippen LogP contribution in [0.1, 0.15) is 37.2 Å². The highest BCUT2D eigenvalue weighted by molar-refractivity contribution is 6.07. The van der Waals surface area contributed by atoms with Gasteiger partial charge < -0.3 is 19.8 Å². The van der Waals surface area contributed by atoms with Gasteiger partial charge in [0.25, 0.3) is 5.91 Å². The zero-order valence-corrected chi connectivity index (χ0v) is 21.3. The molecule has 1 saturated heterocycles. The molecule has 1 aliphatic heterocycles. The van der Waals surface area contributed by atoms with Crippen LogP contribution in [-0.2, 0) is 20.9 Å². The molecule has 15 heteroatoms. The molecule has 12 nitrogen and oxygen atoms in total. The lowest BCUT2D eigenvalue weighted by Crippen LogP contribution is -2.32. The molecule has 39 heavy (non-hydrogen) atoms. The molecule has 2 amide bonds. The summed E-state index contributed by atoms with van der Waals surface area (Å²) in [7, 11) is 1.27. The van der Waals surface area contributed by atoms with E-state index < -0.39 is 30.0 Å². The van der Waals surface area contributed by atoms with Crippen molar-refractivity contribution in [3.05, 3.63) is 36.5 Å². The van der Waals surface area contributed by atoms with E-state index in [9.17, 15) is 27.6 Å². The Labute approximate surface area is 220 Å². The monoisotopic (exact) mass is 549 g/mol. The lowest BCUT2D eigenvalue weighted by Gasteiger charge is -2.18. The third-order valence-corrected chi connectivity index (χ3v) is 6.02. The van der Waals surface area contributed by atoms with E-state index in [4.69, 9.17) is 4.42 Å². The van der Waals surface area contributed by atoms with Crippen molar-refractivity contribution < 1.29 is 36.7 Å². The van der Waals surface area contributed by atoms with Crippen LogP contribution in [0.25, 0.3) is 11.5 Å². The second-order valence-corrected chi connectivity index (χ2v) is 9.44. The number of carbonyl (C=O) groups excluding carboxylic acids is 3. The van der Waals surface area contributed by atoms with Crippen molar-refractivity contribution in [3.63, 3.8) is 0 Å². The van der Waals surface area contributed by atoms with Crippen molar-refractivity contribution in [3.8, 4) is 11.5 Å². The van der Waals surface area contributed by atoms with Crippen LogP contribution < -0.4 is 15.5 Å². The van der Waals surface area contributed by atoms with Gasteiger partial charge in [-0.05, 0) is 18.6 Å². The van der Waals surface area contributed by atoms with Gasteiger partial charge in [-0.2, -0.15) is 18.3 Å². The van der Waals surface area contributed by atoms with E-state index in [-0.39, 0.29) is 47.8 Å². The first-order valence-corrected chi connectivity index (χ1v) is 11.9. The van der Waals surface area contributed by atoms with Crippen LogP contribution in [0.5, 0.6) is 0 Å². The van der Waals surface area contributed by atoms with Crippen LogP contribution in [0.2, 0.25) is 0 Å². The highest BCUT2D eigenvalue weighted by atomic mass is 19.4. The largest absolute Gasteiger partial charge is 0.469 e. The number of carbonyl (C=O) groups is 3. The molecule has 0 aromatic carbocycles. The zero-order valence-electron chi connectivity index (χ0n) is 21.3. The fourth-order valence-electron chi connectivity index (χ4n) is 3.84. The third-order valence-electron chi connectivity index (χ3n) is 6.02. The maximum Gasteiger partial charge on any atom is 0.405 e. The number of hydrogen-bond acceptors (Lipinski definition) is 9. The van der Waals surface area contributed by atoms with Crippen LogP contribution in [-0.4, -0.2) is 63.9 Å². The summed E-state index contributed by atoms with van der Waals surface area (Å²) in [5.74, 6) is -1.11. The number of esters is 1. The Morgan fingerprint density at radius 2 is 2.05 bits per heavy atom. The van der Waals surface area contributed by atoms with Gasteiger partial charge in [0.2, 0.25) is 11.8 Å². The van der Waals surface area contributed by atoms with Crippen molar-refractivity contribution in [2.75, 3.05) is 35.7 Å². The number of aromatic nitrogens is 4. The van der Waals surface area contributed by atoms with E-state index >= 15 is 0 Å². The van der Waals surface area contributed by atoms with Crippen molar-refractivity contribution in [2.45, 2.75) is 39.4 Å². The fourth-order valence-corrected chi connectivity index (χ4v) is 3.84. The Hall–Kier alpha value is -4.43.